The van der Waals surface area contributed by atoms with Crippen LogP contribution < -0.4 is 15.5 Å². The molecule has 7 heteroatoms. The fourth-order valence-corrected chi connectivity index (χ4v) is 4.14. The minimum absolute atomic E-state index is 0.560. The monoisotopic (exact) mass is 438 g/mol. The normalized spacial score (nSPS) is 14.3. The zero-order chi connectivity index (χ0) is 22.6. The van der Waals surface area contributed by atoms with E-state index >= 15 is 0 Å². The largest absolute Gasteiger partial charge is 0.369 e. The molecular formula is C26H26N6O. The molecule has 4 aromatic rings. The van der Waals surface area contributed by atoms with Gasteiger partial charge < -0.3 is 20.4 Å². The third-order valence-electron chi connectivity index (χ3n) is 6.00. The van der Waals surface area contributed by atoms with Crippen LogP contribution in [-0.4, -0.2) is 54.5 Å². The van der Waals surface area contributed by atoms with Crippen molar-refractivity contribution in [1.29, 1.82) is 0 Å². The molecule has 0 saturated carbocycles. The van der Waals surface area contributed by atoms with Crippen molar-refractivity contribution in [2.45, 2.75) is 0 Å². The lowest BCUT2D eigenvalue weighted by molar-refractivity contribution is -0.105. The number of para-hydroxylation sites is 1. The molecule has 1 amide bonds. The van der Waals surface area contributed by atoms with E-state index in [1.54, 1.807) is 0 Å². The zero-order valence-corrected chi connectivity index (χ0v) is 18.5. The number of likely N-dealkylation sites (N-methyl/N-ethyl adjacent to an activating group) is 1. The lowest BCUT2D eigenvalue weighted by Gasteiger charge is -2.34. The molecule has 0 spiro atoms. The van der Waals surface area contributed by atoms with Crippen molar-refractivity contribution in [3.63, 3.8) is 0 Å². The molecule has 1 saturated heterocycles. The second-order valence-electron chi connectivity index (χ2n) is 8.24. The van der Waals surface area contributed by atoms with E-state index < -0.39 is 0 Å². The van der Waals surface area contributed by atoms with Gasteiger partial charge in [0.05, 0.1) is 5.52 Å². The first-order valence-corrected chi connectivity index (χ1v) is 11.1. The molecule has 0 bridgehead atoms. The summed E-state index contributed by atoms with van der Waals surface area (Å²) in [5.41, 5.74) is 5.85. The number of carbonyl (C=O) groups is 1. The molecule has 5 rings (SSSR count). The van der Waals surface area contributed by atoms with Crippen LogP contribution in [0.3, 0.4) is 0 Å². The van der Waals surface area contributed by atoms with Crippen molar-refractivity contribution >= 4 is 40.3 Å². The highest BCUT2D eigenvalue weighted by Crippen LogP contribution is 2.29. The van der Waals surface area contributed by atoms with Gasteiger partial charge >= 0.3 is 0 Å². The minimum Gasteiger partial charge on any atom is -0.369 e. The van der Waals surface area contributed by atoms with Gasteiger partial charge in [-0.3, -0.25) is 4.79 Å². The Bertz CT molecular complexity index is 1270. The van der Waals surface area contributed by atoms with E-state index in [9.17, 15) is 4.79 Å². The number of rotatable bonds is 6. The summed E-state index contributed by atoms with van der Waals surface area (Å²) in [6.45, 7) is 4.19. The summed E-state index contributed by atoms with van der Waals surface area (Å²) in [5, 5.41) is 7.02. The molecule has 0 unspecified atom stereocenters. The highest BCUT2D eigenvalue weighted by molar-refractivity contribution is 5.94. The van der Waals surface area contributed by atoms with Crippen LogP contribution in [0.4, 0.5) is 23.0 Å². The highest BCUT2D eigenvalue weighted by atomic mass is 16.1. The number of nitrogens with zero attached hydrogens (tertiary/aromatic N) is 4. The summed E-state index contributed by atoms with van der Waals surface area (Å²) < 4.78 is 0. The van der Waals surface area contributed by atoms with Gasteiger partial charge in [0.2, 0.25) is 12.4 Å². The smallest absolute Gasteiger partial charge is 0.227 e. The van der Waals surface area contributed by atoms with Gasteiger partial charge in [-0.05, 0) is 42.9 Å². The summed E-state index contributed by atoms with van der Waals surface area (Å²) in [5.74, 6) is 0.560. The molecule has 1 aromatic heterocycles. The summed E-state index contributed by atoms with van der Waals surface area (Å²) in [4.78, 5) is 24.8. The standard InChI is InChI=1S/C26H26N6O/c1-31-12-14-32(15-13-31)23-6-3-5-22(16-23)29-26-27-17-20-4-2-7-24(25(20)30-26)19-8-10-21(11-9-19)28-18-33/h2-11,16-18H,12-15H2,1H3,(H,28,33)(H,27,29,30). The maximum absolute atomic E-state index is 10.7. The summed E-state index contributed by atoms with van der Waals surface area (Å²) >= 11 is 0. The number of fused-ring (bicyclic) bond motifs is 1. The Kier molecular flexibility index (Phi) is 5.87. The number of piperazine rings is 1. The third-order valence-corrected chi connectivity index (χ3v) is 6.00. The number of hydrogen-bond acceptors (Lipinski definition) is 6. The number of amides is 1. The quantitative estimate of drug-likeness (QED) is 0.436. The number of nitrogens with one attached hydrogen (secondary N) is 2. The second kappa shape index (κ2) is 9.26. The number of carbonyl (C=O) groups excluding carboxylic acids is 1. The van der Waals surface area contributed by atoms with E-state index in [0.717, 1.165) is 59.6 Å². The van der Waals surface area contributed by atoms with E-state index in [0.29, 0.717) is 12.4 Å². The van der Waals surface area contributed by atoms with Crippen LogP contribution in [0.25, 0.3) is 22.0 Å². The first-order valence-electron chi connectivity index (χ1n) is 11.1. The zero-order valence-electron chi connectivity index (χ0n) is 18.5. The van der Waals surface area contributed by atoms with Crippen LogP contribution in [0, 0.1) is 0 Å². The Morgan fingerprint density at radius 3 is 2.48 bits per heavy atom. The minimum atomic E-state index is 0.560. The molecule has 1 fully saturated rings. The van der Waals surface area contributed by atoms with Crippen molar-refractivity contribution in [1.82, 2.24) is 14.9 Å². The molecule has 2 N–H and O–H groups in total. The van der Waals surface area contributed by atoms with Crippen LogP contribution in [0.15, 0.2) is 72.9 Å². The fourth-order valence-electron chi connectivity index (χ4n) is 4.14. The van der Waals surface area contributed by atoms with Gasteiger partial charge in [-0.2, -0.15) is 0 Å². The van der Waals surface area contributed by atoms with Crippen LogP contribution in [0.1, 0.15) is 0 Å². The molecule has 33 heavy (non-hydrogen) atoms. The molecule has 0 radical (unpaired) electrons. The van der Waals surface area contributed by atoms with Gasteiger partial charge in [-0.15, -0.1) is 0 Å². The average Bonchev–Trinajstić information content (AvgIpc) is 2.85. The lowest BCUT2D eigenvalue weighted by atomic mass is 10.0. The molecule has 7 nitrogen and oxygen atoms in total. The van der Waals surface area contributed by atoms with Gasteiger partial charge in [0, 0.05) is 60.4 Å². The molecule has 0 atom stereocenters. The predicted molar refractivity (Wildman–Crippen MR) is 134 cm³/mol. The first-order chi connectivity index (χ1) is 16.2. The van der Waals surface area contributed by atoms with Gasteiger partial charge in [-0.1, -0.05) is 36.4 Å². The Balaban J connectivity index is 1.42. The van der Waals surface area contributed by atoms with E-state index in [4.69, 9.17) is 4.98 Å². The maximum Gasteiger partial charge on any atom is 0.227 e. The maximum atomic E-state index is 10.7. The first kappa shape index (κ1) is 20.9. The summed E-state index contributed by atoms with van der Waals surface area (Å²) in [7, 11) is 2.16. The topological polar surface area (TPSA) is 73.4 Å². The molecule has 1 aliphatic rings. The van der Waals surface area contributed by atoms with Crippen molar-refractivity contribution in [2.24, 2.45) is 0 Å². The number of anilines is 4. The van der Waals surface area contributed by atoms with Gasteiger partial charge in [0.25, 0.3) is 0 Å². The van der Waals surface area contributed by atoms with Gasteiger partial charge in [-0.25, -0.2) is 9.97 Å². The molecular weight excluding hydrogens is 412 g/mol. The van der Waals surface area contributed by atoms with Gasteiger partial charge in [0.15, 0.2) is 0 Å². The van der Waals surface area contributed by atoms with E-state index in [-0.39, 0.29) is 0 Å². The Hall–Kier alpha value is -3.97. The third kappa shape index (κ3) is 4.63. The number of benzene rings is 3. The highest BCUT2D eigenvalue weighted by Gasteiger charge is 2.15. The number of aromatic nitrogens is 2. The molecule has 2 heterocycles. The van der Waals surface area contributed by atoms with Crippen molar-refractivity contribution in [3.8, 4) is 11.1 Å². The van der Waals surface area contributed by atoms with Crippen LogP contribution in [0.5, 0.6) is 0 Å². The Morgan fingerprint density at radius 1 is 0.909 bits per heavy atom. The Morgan fingerprint density at radius 2 is 1.70 bits per heavy atom. The van der Waals surface area contributed by atoms with Gasteiger partial charge in [0.1, 0.15) is 0 Å². The van der Waals surface area contributed by atoms with E-state index in [1.807, 2.05) is 48.7 Å². The fraction of sp³-hybridized carbons (Fsp3) is 0.192. The van der Waals surface area contributed by atoms with Crippen molar-refractivity contribution in [2.75, 3.05) is 48.8 Å². The van der Waals surface area contributed by atoms with Crippen LogP contribution in [0.2, 0.25) is 0 Å². The average molecular weight is 439 g/mol. The van der Waals surface area contributed by atoms with E-state index in [1.165, 1.54) is 5.69 Å². The van der Waals surface area contributed by atoms with Crippen molar-refractivity contribution < 1.29 is 4.79 Å². The molecule has 1 aliphatic heterocycles. The SMILES string of the molecule is CN1CCN(c2cccc(Nc3ncc4cccc(-c5ccc(NC=O)cc5)c4n3)c2)CC1. The van der Waals surface area contributed by atoms with Crippen molar-refractivity contribution in [3.05, 3.63) is 72.9 Å². The van der Waals surface area contributed by atoms with E-state index in [2.05, 4.69) is 56.7 Å². The summed E-state index contributed by atoms with van der Waals surface area (Å²) in [6, 6.07) is 22.2. The van der Waals surface area contributed by atoms with Crippen LogP contribution in [-0.2, 0) is 4.79 Å². The van der Waals surface area contributed by atoms with Crippen LogP contribution >= 0.6 is 0 Å². The predicted octanol–water partition coefficient (Wildman–Crippen LogP) is 4.36. The summed E-state index contributed by atoms with van der Waals surface area (Å²) in [6.07, 6.45) is 2.53. The lowest BCUT2D eigenvalue weighted by Crippen LogP contribution is -2.44. The molecule has 0 aliphatic carbocycles. The Labute approximate surface area is 193 Å². The second-order valence-corrected chi connectivity index (χ2v) is 8.24. The molecule has 3 aromatic carbocycles. The number of hydrogen-bond donors (Lipinski definition) is 2. The molecule has 166 valence electrons.